The maximum Gasteiger partial charge on any atom is 0.119 e. The van der Waals surface area contributed by atoms with Gasteiger partial charge in [-0.1, -0.05) is 18.2 Å². The molecule has 0 spiro atoms. The molecule has 0 heterocycles. The summed E-state index contributed by atoms with van der Waals surface area (Å²) < 4.78 is 5.94. The van der Waals surface area contributed by atoms with Gasteiger partial charge in [0.15, 0.2) is 0 Å². The van der Waals surface area contributed by atoms with Crippen LogP contribution in [0.25, 0.3) is 0 Å². The zero-order valence-corrected chi connectivity index (χ0v) is 9.43. The molecule has 16 heavy (non-hydrogen) atoms. The van der Waals surface area contributed by atoms with Crippen molar-refractivity contribution in [1.29, 1.82) is 0 Å². The maximum absolute atomic E-state index is 8.80. The summed E-state index contributed by atoms with van der Waals surface area (Å²) in [6.45, 7) is 0.841. The van der Waals surface area contributed by atoms with Crippen LogP contribution in [-0.2, 0) is 0 Å². The Kier molecular flexibility index (Phi) is 4.19. The summed E-state index contributed by atoms with van der Waals surface area (Å²) in [6, 6.07) is 10.3. The highest BCUT2D eigenvalue weighted by Gasteiger charge is 2.28. The first-order valence-corrected chi connectivity index (χ1v) is 5.96. The summed E-state index contributed by atoms with van der Waals surface area (Å²) in [5, 5.41) is 12.1. The minimum Gasteiger partial charge on any atom is -0.489 e. The zero-order valence-electron chi connectivity index (χ0n) is 9.43. The van der Waals surface area contributed by atoms with Gasteiger partial charge in [-0.3, -0.25) is 0 Å². The molecule has 0 radical (unpaired) electrons. The van der Waals surface area contributed by atoms with E-state index in [1.54, 1.807) is 0 Å². The van der Waals surface area contributed by atoms with Crippen molar-refractivity contribution in [3.05, 3.63) is 30.3 Å². The van der Waals surface area contributed by atoms with Gasteiger partial charge < -0.3 is 15.2 Å². The summed E-state index contributed by atoms with van der Waals surface area (Å²) in [5.74, 6) is 0.935. The Labute approximate surface area is 96.4 Å². The van der Waals surface area contributed by atoms with Crippen molar-refractivity contribution in [2.75, 3.05) is 13.2 Å². The number of benzene rings is 1. The second kappa shape index (κ2) is 5.87. The molecule has 1 aromatic carbocycles. The highest BCUT2D eigenvalue weighted by molar-refractivity contribution is 5.21. The van der Waals surface area contributed by atoms with Gasteiger partial charge >= 0.3 is 0 Å². The third-order valence-corrected chi connectivity index (χ3v) is 3.00. The Balaban J connectivity index is 1.88. The number of hydrogen-bond donors (Lipinski definition) is 2. The zero-order chi connectivity index (χ0) is 11.2. The van der Waals surface area contributed by atoms with Crippen molar-refractivity contribution in [3.8, 4) is 5.75 Å². The van der Waals surface area contributed by atoms with Gasteiger partial charge in [-0.15, -0.1) is 0 Å². The molecule has 1 aromatic rings. The van der Waals surface area contributed by atoms with Crippen molar-refractivity contribution < 1.29 is 9.84 Å². The van der Waals surface area contributed by atoms with Crippen LogP contribution in [0.3, 0.4) is 0 Å². The van der Waals surface area contributed by atoms with E-state index in [1.807, 2.05) is 30.3 Å². The van der Waals surface area contributed by atoms with E-state index in [1.165, 1.54) is 6.42 Å². The molecule has 1 fully saturated rings. The van der Waals surface area contributed by atoms with Crippen molar-refractivity contribution in [3.63, 3.8) is 0 Å². The first-order chi connectivity index (χ1) is 7.90. The van der Waals surface area contributed by atoms with Crippen molar-refractivity contribution in [1.82, 2.24) is 5.32 Å². The van der Waals surface area contributed by atoms with Crippen LogP contribution in [0.4, 0.5) is 0 Å². The summed E-state index contributed by atoms with van der Waals surface area (Å²) in [6.07, 6.45) is 3.67. The molecular weight excluding hydrogens is 202 g/mol. The molecule has 88 valence electrons. The molecule has 3 heteroatoms. The summed E-state index contributed by atoms with van der Waals surface area (Å²) >= 11 is 0. The van der Waals surface area contributed by atoms with E-state index in [-0.39, 0.29) is 12.7 Å². The molecule has 1 aliphatic carbocycles. The molecule has 0 unspecified atom stereocenters. The highest BCUT2D eigenvalue weighted by Crippen LogP contribution is 2.24. The molecule has 2 atom stereocenters. The van der Waals surface area contributed by atoms with Gasteiger partial charge in [-0.2, -0.15) is 0 Å². The van der Waals surface area contributed by atoms with Gasteiger partial charge in [0.25, 0.3) is 0 Å². The molecule has 3 nitrogen and oxygen atoms in total. The monoisotopic (exact) mass is 221 g/mol. The van der Waals surface area contributed by atoms with E-state index >= 15 is 0 Å². The third kappa shape index (κ3) is 2.97. The number of aliphatic hydroxyl groups is 1. The quantitative estimate of drug-likeness (QED) is 0.793. The topological polar surface area (TPSA) is 41.5 Å². The van der Waals surface area contributed by atoms with E-state index < -0.39 is 0 Å². The van der Waals surface area contributed by atoms with Crippen LogP contribution in [0.2, 0.25) is 0 Å². The second-order valence-electron chi connectivity index (χ2n) is 4.18. The first kappa shape index (κ1) is 11.4. The Morgan fingerprint density at radius 2 is 2.06 bits per heavy atom. The lowest BCUT2D eigenvalue weighted by atomic mass is 10.2. The fraction of sp³-hybridized carbons (Fsp3) is 0.538. The van der Waals surface area contributed by atoms with Gasteiger partial charge in [0.1, 0.15) is 11.9 Å². The van der Waals surface area contributed by atoms with Gasteiger partial charge in [0.2, 0.25) is 0 Å². The average molecular weight is 221 g/mol. The molecule has 0 aromatic heterocycles. The fourth-order valence-corrected chi connectivity index (χ4v) is 2.22. The van der Waals surface area contributed by atoms with Gasteiger partial charge in [0, 0.05) is 12.6 Å². The largest absolute Gasteiger partial charge is 0.489 e. The standard InChI is InChI=1S/C13H19NO2/c15-10-9-14-12-7-4-8-13(12)16-11-5-2-1-3-6-11/h1-3,5-6,12-15H,4,7-10H2/t12-,13+/m1/s1. The number of aliphatic hydroxyl groups excluding tert-OH is 1. The molecule has 0 bridgehead atoms. The summed E-state index contributed by atoms with van der Waals surface area (Å²) in [4.78, 5) is 0. The Hall–Kier alpha value is -1.06. The molecular formula is C13H19NO2. The normalized spacial score (nSPS) is 24.6. The molecule has 0 aliphatic heterocycles. The van der Waals surface area contributed by atoms with Crippen LogP contribution in [0.5, 0.6) is 5.75 Å². The molecule has 1 saturated carbocycles. The number of nitrogens with one attached hydrogen (secondary N) is 1. The van der Waals surface area contributed by atoms with Crippen LogP contribution in [0, 0.1) is 0 Å². The Morgan fingerprint density at radius 3 is 2.81 bits per heavy atom. The number of ether oxygens (including phenoxy) is 1. The van der Waals surface area contributed by atoms with Gasteiger partial charge in [-0.05, 0) is 31.4 Å². The number of hydrogen-bond acceptors (Lipinski definition) is 3. The first-order valence-electron chi connectivity index (χ1n) is 5.96. The van der Waals surface area contributed by atoms with Gasteiger partial charge in [0.05, 0.1) is 6.61 Å². The Bertz CT molecular complexity index is 302. The van der Waals surface area contributed by atoms with E-state index in [4.69, 9.17) is 9.84 Å². The predicted molar refractivity (Wildman–Crippen MR) is 63.6 cm³/mol. The lowest BCUT2D eigenvalue weighted by Gasteiger charge is -2.22. The molecule has 0 amide bonds. The lowest BCUT2D eigenvalue weighted by Crippen LogP contribution is -2.40. The van der Waals surface area contributed by atoms with Crippen molar-refractivity contribution >= 4 is 0 Å². The fourth-order valence-electron chi connectivity index (χ4n) is 2.22. The highest BCUT2D eigenvalue weighted by atomic mass is 16.5. The average Bonchev–Trinajstić information content (AvgIpc) is 2.75. The number of para-hydroxylation sites is 1. The number of rotatable bonds is 5. The maximum atomic E-state index is 8.80. The van der Waals surface area contributed by atoms with E-state index in [0.717, 1.165) is 18.6 Å². The van der Waals surface area contributed by atoms with E-state index in [0.29, 0.717) is 12.6 Å². The van der Waals surface area contributed by atoms with E-state index in [9.17, 15) is 0 Å². The summed E-state index contributed by atoms with van der Waals surface area (Å²) in [5.41, 5.74) is 0. The predicted octanol–water partition coefficient (Wildman–Crippen LogP) is 1.57. The SMILES string of the molecule is OCCN[C@@H]1CCC[C@@H]1Oc1ccccc1. The molecule has 1 aliphatic rings. The molecule has 2 N–H and O–H groups in total. The van der Waals surface area contributed by atoms with Crippen molar-refractivity contribution in [2.24, 2.45) is 0 Å². The molecule has 0 saturated heterocycles. The van der Waals surface area contributed by atoms with Gasteiger partial charge in [-0.25, -0.2) is 0 Å². The van der Waals surface area contributed by atoms with Crippen LogP contribution in [-0.4, -0.2) is 30.4 Å². The lowest BCUT2D eigenvalue weighted by molar-refractivity contribution is 0.169. The van der Waals surface area contributed by atoms with E-state index in [2.05, 4.69) is 5.32 Å². The molecule has 2 rings (SSSR count). The van der Waals surface area contributed by atoms with Crippen molar-refractivity contribution in [2.45, 2.75) is 31.4 Å². The van der Waals surface area contributed by atoms with Crippen LogP contribution < -0.4 is 10.1 Å². The summed E-state index contributed by atoms with van der Waals surface area (Å²) in [7, 11) is 0. The third-order valence-electron chi connectivity index (χ3n) is 3.00. The van der Waals surface area contributed by atoms with Crippen LogP contribution in [0.15, 0.2) is 30.3 Å². The smallest absolute Gasteiger partial charge is 0.119 e. The van der Waals surface area contributed by atoms with Crippen LogP contribution >= 0.6 is 0 Å². The minimum atomic E-state index is 0.189. The Morgan fingerprint density at radius 1 is 1.25 bits per heavy atom. The minimum absolute atomic E-state index is 0.189. The van der Waals surface area contributed by atoms with Crippen LogP contribution in [0.1, 0.15) is 19.3 Å². The second-order valence-corrected chi connectivity index (χ2v) is 4.18.